The third kappa shape index (κ3) is 5.50. The van der Waals surface area contributed by atoms with Gasteiger partial charge >= 0.3 is 5.69 Å². The summed E-state index contributed by atoms with van der Waals surface area (Å²) in [6, 6.07) is 3.89. The Morgan fingerprint density at radius 3 is 2.55 bits per heavy atom. The van der Waals surface area contributed by atoms with Gasteiger partial charge in [-0.25, -0.2) is 0 Å². The molecular weight excluding hydrogens is 310 g/mol. The quantitative estimate of drug-likeness (QED) is 0.587. The molecule has 1 unspecified atom stereocenters. The van der Waals surface area contributed by atoms with Gasteiger partial charge in [0.2, 0.25) is 0 Å². The zero-order valence-electron chi connectivity index (χ0n) is 12.9. The topological polar surface area (TPSA) is 107 Å². The Labute approximate surface area is 135 Å². The largest absolute Gasteiger partial charge is 0.490 e. The van der Waals surface area contributed by atoms with Crippen LogP contribution >= 0.6 is 12.4 Å². The minimum Gasteiger partial charge on any atom is -0.490 e. The molecule has 0 spiro atoms. The number of nitrogens with one attached hydrogen (secondary N) is 1. The van der Waals surface area contributed by atoms with E-state index in [0.29, 0.717) is 18.0 Å². The molecule has 124 valence electrons. The normalized spacial score (nSPS) is 11.5. The molecule has 0 aliphatic rings. The second-order valence-electron chi connectivity index (χ2n) is 5.18. The lowest BCUT2D eigenvalue weighted by Crippen LogP contribution is -2.41. The number of rotatable bonds is 7. The number of nitrogens with two attached hydrogens (primary N) is 1. The lowest BCUT2D eigenvalue weighted by atomic mass is 10.0. The van der Waals surface area contributed by atoms with Crippen LogP contribution in [0.25, 0.3) is 0 Å². The van der Waals surface area contributed by atoms with Gasteiger partial charge in [-0.2, -0.15) is 0 Å². The van der Waals surface area contributed by atoms with E-state index in [1.807, 2.05) is 13.8 Å². The molecule has 1 rings (SSSR count). The molecule has 0 aliphatic carbocycles. The average molecular weight is 332 g/mol. The Hall–Kier alpha value is -1.86. The maximum atomic E-state index is 12.2. The van der Waals surface area contributed by atoms with Crippen LogP contribution in [0.15, 0.2) is 18.2 Å². The van der Waals surface area contributed by atoms with E-state index >= 15 is 0 Å². The Morgan fingerprint density at radius 2 is 2.09 bits per heavy atom. The lowest BCUT2D eigenvalue weighted by Gasteiger charge is -2.19. The van der Waals surface area contributed by atoms with Crippen LogP contribution in [0.4, 0.5) is 5.69 Å². The van der Waals surface area contributed by atoms with E-state index in [1.54, 1.807) is 0 Å². The third-order valence-electron chi connectivity index (χ3n) is 3.01. The predicted octanol–water partition coefficient (Wildman–Crippen LogP) is 2.13. The highest BCUT2D eigenvalue weighted by Gasteiger charge is 2.19. The summed E-state index contributed by atoms with van der Waals surface area (Å²) in [4.78, 5) is 22.4. The molecule has 0 saturated heterocycles. The highest BCUT2D eigenvalue weighted by molar-refractivity contribution is 5.95. The van der Waals surface area contributed by atoms with E-state index in [9.17, 15) is 14.9 Å². The molecule has 22 heavy (non-hydrogen) atoms. The summed E-state index contributed by atoms with van der Waals surface area (Å²) in [7, 11) is 1.32. The highest BCUT2D eigenvalue weighted by Crippen LogP contribution is 2.27. The monoisotopic (exact) mass is 331 g/mol. The molecule has 1 atom stereocenters. The number of hydrogen-bond donors (Lipinski definition) is 2. The number of carbonyl (C=O) groups excluding carboxylic acids is 1. The molecule has 0 saturated carbocycles. The second kappa shape index (κ2) is 9.22. The molecule has 0 heterocycles. The van der Waals surface area contributed by atoms with Crippen LogP contribution in [0, 0.1) is 16.0 Å². The Bertz CT molecular complexity index is 523. The number of ether oxygens (including phenoxy) is 1. The first-order valence-corrected chi connectivity index (χ1v) is 6.72. The second-order valence-corrected chi connectivity index (χ2v) is 5.18. The van der Waals surface area contributed by atoms with Crippen LogP contribution in [0.3, 0.4) is 0 Å². The zero-order chi connectivity index (χ0) is 16.0. The van der Waals surface area contributed by atoms with Crippen LogP contribution in [-0.2, 0) is 0 Å². The first-order chi connectivity index (χ1) is 9.88. The molecule has 8 heteroatoms. The van der Waals surface area contributed by atoms with Crippen molar-refractivity contribution in [1.82, 2.24) is 5.32 Å². The first-order valence-electron chi connectivity index (χ1n) is 6.72. The van der Waals surface area contributed by atoms with Crippen molar-refractivity contribution in [3.63, 3.8) is 0 Å². The zero-order valence-corrected chi connectivity index (χ0v) is 13.7. The van der Waals surface area contributed by atoms with Crippen molar-refractivity contribution in [1.29, 1.82) is 0 Å². The highest BCUT2D eigenvalue weighted by atomic mass is 35.5. The van der Waals surface area contributed by atoms with E-state index in [4.69, 9.17) is 10.5 Å². The fourth-order valence-electron chi connectivity index (χ4n) is 2.02. The first kappa shape index (κ1) is 20.1. The smallest absolute Gasteiger partial charge is 0.310 e. The van der Waals surface area contributed by atoms with Gasteiger partial charge in [0, 0.05) is 30.3 Å². The molecule has 0 radical (unpaired) electrons. The number of halogens is 1. The molecule has 0 fully saturated rings. The van der Waals surface area contributed by atoms with Crippen molar-refractivity contribution < 1.29 is 14.5 Å². The summed E-state index contributed by atoms with van der Waals surface area (Å²) in [6.07, 6.45) is 0.770. The van der Waals surface area contributed by atoms with Crippen LogP contribution in [0.5, 0.6) is 5.75 Å². The van der Waals surface area contributed by atoms with Crippen molar-refractivity contribution in [2.45, 2.75) is 26.3 Å². The number of nitrogens with zero attached hydrogens (tertiary/aromatic N) is 1. The van der Waals surface area contributed by atoms with Crippen LogP contribution in [0.1, 0.15) is 30.6 Å². The van der Waals surface area contributed by atoms with Crippen LogP contribution < -0.4 is 15.8 Å². The number of benzene rings is 1. The molecule has 1 aromatic carbocycles. The standard InChI is InChI=1S/C14H21N3O4.ClH/c1-9(2)6-11(8-15)16-14(18)10-4-5-12(17(19)20)13(7-10)21-3;/h4-5,7,9,11H,6,8,15H2,1-3H3,(H,16,18);1H. The van der Waals surface area contributed by atoms with Crippen molar-refractivity contribution in [3.8, 4) is 5.75 Å². The van der Waals surface area contributed by atoms with Crippen molar-refractivity contribution >= 4 is 24.0 Å². The van der Waals surface area contributed by atoms with Gasteiger partial charge in [0.1, 0.15) is 0 Å². The SMILES string of the molecule is COc1cc(C(=O)NC(CN)CC(C)C)ccc1[N+](=O)[O-].Cl. The van der Waals surface area contributed by atoms with Crippen molar-refractivity contribution in [3.05, 3.63) is 33.9 Å². The number of hydrogen-bond acceptors (Lipinski definition) is 5. The Kier molecular flexibility index (Phi) is 8.44. The molecular formula is C14H22ClN3O4. The van der Waals surface area contributed by atoms with Gasteiger partial charge in [0.25, 0.3) is 5.91 Å². The van der Waals surface area contributed by atoms with Gasteiger partial charge in [-0.3, -0.25) is 14.9 Å². The van der Waals surface area contributed by atoms with E-state index in [0.717, 1.165) is 6.42 Å². The average Bonchev–Trinajstić information content (AvgIpc) is 2.44. The van der Waals surface area contributed by atoms with Gasteiger partial charge in [-0.1, -0.05) is 13.8 Å². The molecule has 1 aromatic rings. The fraction of sp³-hybridized carbons (Fsp3) is 0.500. The van der Waals surface area contributed by atoms with E-state index in [2.05, 4.69) is 5.32 Å². The molecule has 1 amide bonds. The Balaban J connectivity index is 0.00000441. The lowest BCUT2D eigenvalue weighted by molar-refractivity contribution is -0.385. The summed E-state index contributed by atoms with van der Waals surface area (Å²) in [5, 5.41) is 13.6. The summed E-state index contributed by atoms with van der Waals surface area (Å²) in [5.74, 6) is 0.144. The molecule has 0 aromatic heterocycles. The van der Waals surface area contributed by atoms with E-state index in [-0.39, 0.29) is 35.8 Å². The number of carbonyl (C=O) groups is 1. The number of nitro groups is 1. The van der Waals surface area contributed by atoms with Crippen LogP contribution in [-0.4, -0.2) is 30.5 Å². The predicted molar refractivity (Wildman–Crippen MR) is 86.7 cm³/mol. The Morgan fingerprint density at radius 1 is 1.45 bits per heavy atom. The van der Waals surface area contributed by atoms with Crippen molar-refractivity contribution in [2.75, 3.05) is 13.7 Å². The van der Waals surface area contributed by atoms with Crippen LogP contribution in [0.2, 0.25) is 0 Å². The summed E-state index contributed by atoms with van der Waals surface area (Å²) in [5.41, 5.74) is 5.77. The van der Waals surface area contributed by atoms with Gasteiger partial charge in [0.15, 0.2) is 5.75 Å². The van der Waals surface area contributed by atoms with E-state index in [1.165, 1.54) is 25.3 Å². The number of methoxy groups -OCH3 is 1. The molecule has 3 N–H and O–H groups in total. The number of amides is 1. The maximum absolute atomic E-state index is 12.2. The summed E-state index contributed by atoms with van der Waals surface area (Å²) in [6.45, 7) is 4.43. The maximum Gasteiger partial charge on any atom is 0.310 e. The van der Waals surface area contributed by atoms with Crippen molar-refractivity contribution in [2.24, 2.45) is 11.7 Å². The molecule has 7 nitrogen and oxygen atoms in total. The minimum absolute atomic E-state index is 0. The molecule has 0 aliphatic heterocycles. The van der Waals surface area contributed by atoms with Gasteiger partial charge in [-0.05, 0) is 18.4 Å². The minimum atomic E-state index is -0.554. The van der Waals surface area contributed by atoms with Gasteiger partial charge < -0.3 is 15.8 Å². The third-order valence-corrected chi connectivity index (χ3v) is 3.01. The fourth-order valence-corrected chi connectivity index (χ4v) is 2.02. The van der Waals surface area contributed by atoms with E-state index < -0.39 is 4.92 Å². The van der Waals surface area contributed by atoms with Gasteiger partial charge in [-0.15, -0.1) is 12.4 Å². The number of nitro benzene ring substituents is 1. The van der Waals surface area contributed by atoms with Gasteiger partial charge in [0.05, 0.1) is 12.0 Å². The summed E-state index contributed by atoms with van der Waals surface area (Å²) >= 11 is 0. The summed E-state index contributed by atoms with van der Waals surface area (Å²) < 4.78 is 4.95. The molecule has 0 bridgehead atoms.